The molecule has 6 nitrogen and oxygen atoms in total. The number of urea groups is 1. The third-order valence-corrected chi connectivity index (χ3v) is 6.08. The van der Waals surface area contributed by atoms with Gasteiger partial charge < -0.3 is 15.1 Å². The number of nitriles is 1. The number of carbonyl (C=O) groups is 1. The Morgan fingerprint density at radius 3 is 2.61 bits per heavy atom. The lowest BCUT2D eigenvalue weighted by molar-refractivity contribution is 0.215. The van der Waals surface area contributed by atoms with E-state index in [1.165, 1.54) is 5.56 Å². The molecule has 0 saturated carbocycles. The second-order valence-electron chi connectivity index (χ2n) is 8.12. The number of hydrogen-bond donors (Lipinski definition) is 1. The highest BCUT2D eigenvalue weighted by Gasteiger charge is 2.22. The largest absolute Gasteiger partial charge is 0.354 e. The average molecular weight is 414 g/mol. The molecule has 4 rings (SSSR count). The fraction of sp³-hybridized carbons (Fsp3) is 0.320. The van der Waals surface area contributed by atoms with E-state index in [0.29, 0.717) is 31.0 Å². The first kappa shape index (κ1) is 20.7. The molecule has 2 amide bonds. The van der Waals surface area contributed by atoms with Crippen molar-refractivity contribution < 1.29 is 4.79 Å². The van der Waals surface area contributed by atoms with Gasteiger partial charge in [0.15, 0.2) is 0 Å². The number of pyridine rings is 1. The van der Waals surface area contributed by atoms with Crippen LogP contribution in [0.5, 0.6) is 0 Å². The lowest BCUT2D eigenvalue weighted by Gasteiger charge is -2.24. The number of rotatable bonds is 2. The van der Waals surface area contributed by atoms with Crippen molar-refractivity contribution in [2.75, 3.05) is 36.4 Å². The molecular weight excluding hydrogens is 386 g/mol. The fourth-order valence-electron chi connectivity index (χ4n) is 4.04. The maximum atomic E-state index is 12.8. The first-order valence-corrected chi connectivity index (χ1v) is 10.7. The quantitative estimate of drug-likeness (QED) is 0.656. The molecule has 6 heteroatoms. The number of nitrogens with one attached hydrogen (secondary N) is 1. The second kappa shape index (κ2) is 8.65. The summed E-state index contributed by atoms with van der Waals surface area (Å²) in [5.74, 6) is 0.713. The summed E-state index contributed by atoms with van der Waals surface area (Å²) in [7, 11) is 0. The number of para-hydroxylation sites is 1. The first-order chi connectivity index (χ1) is 15.0. The van der Waals surface area contributed by atoms with Crippen LogP contribution >= 0.6 is 0 Å². The van der Waals surface area contributed by atoms with Crippen LogP contribution in [0, 0.1) is 32.1 Å². The van der Waals surface area contributed by atoms with Gasteiger partial charge in [-0.1, -0.05) is 30.3 Å². The van der Waals surface area contributed by atoms with Gasteiger partial charge in [0.2, 0.25) is 0 Å². The molecule has 1 fully saturated rings. The number of fused-ring (bicyclic) bond motifs is 1. The van der Waals surface area contributed by atoms with Crippen LogP contribution in [0.2, 0.25) is 0 Å². The molecule has 0 atom stereocenters. The zero-order chi connectivity index (χ0) is 22.0. The van der Waals surface area contributed by atoms with E-state index >= 15 is 0 Å². The highest BCUT2D eigenvalue weighted by molar-refractivity contribution is 5.90. The number of hydrogen-bond acceptors (Lipinski definition) is 4. The highest BCUT2D eigenvalue weighted by atomic mass is 16.2. The van der Waals surface area contributed by atoms with Gasteiger partial charge in [-0.25, -0.2) is 9.78 Å². The molecular formula is C25H27N5O. The molecule has 0 spiro atoms. The van der Waals surface area contributed by atoms with Gasteiger partial charge in [0.05, 0.1) is 11.1 Å². The van der Waals surface area contributed by atoms with Crippen LogP contribution in [0.25, 0.3) is 10.9 Å². The molecule has 0 aliphatic carbocycles. The van der Waals surface area contributed by atoms with Crippen molar-refractivity contribution in [1.29, 1.82) is 5.26 Å². The zero-order valence-electron chi connectivity index (χ0n) is 18.3. The Morgan fingerprint density at radius 2 is 1.84 bits per heavy atom. The van der Waals surface area contributed by atoms with E-state index < -0.39 is 0 Å². The van der Waals surface area contributed by atoms with E-state index in [4.69, 9.17) is 4.98 Å². The number of aromatic nitrogens is 1. The van der Waals surface area contributed by atoms with Gasteiger partial charge in [-0.2, -0.15) is 5.26 Å². The normalized spacial score (nSPS) is 14.3. The van der Waals surface area contributed by atoms with E-state index in [0.717, 1.165) is 40.7 Å². The second-order valence-corrected chi connectivity index (χ2v) is 8.12. The summed E-state index contributed by atoms with van der Waals surface area (Å²) in [5.41, 5.74) is 5.71. The van der Waals surface area contributed by atoms with Crippen molar-refractivity contribution in [1.82, 2.24) is 9.88 Å². The van der Waals surface area contributed by atoms with Gasteiger partial charge in [0, 0.05) is 37.3 Å². The van der Waals surface area contributed by atoms with Gasteiger partial charge in [0.1, 0.15) is 11.9 Å². The third-order valence-electron chi connectivity index (χ3n) is 6.08. The Labute approximate surface area is 183 Å². The summed E-state index contributed by atoms with van der Waals surface area (Å²) in [6.07, 6.45) is 0.818. The Balaban J connectivity index is 1.55. The standard InChI is InChI=1S/C25H27N5O/c1-17-9-10-20-15-21(16-26)24(28-23(20)19(17)3)29-11-6-12-30(14-13-29)25(31)27-22-8-5-4-7-18(22)2/h4-5,7-10,15H,6,11-14H2,1-3H3,(H,27,31). The summed E-state index contributed by atoms with van der Waals surface area (Å²) < 4.78 is 0. The maximum Gasteiger partial charge on any atom is 0.321 e. The molecule has 1 saturated heterocycles. The molecule has 1 N–H and O–H groups in total. The Bertz CT molecular complexity index is 1180. The lowest BCUT2D eigenvalue weighted by atomic mass is 10.0. The number of amides is 2. The van der Waals surface area contributed by atoms with Crippen LogP contribution in [-0.2, 0) is 0 Å². The molecule has 1 aliphatic heterocycles. The fourth-order valence-corrected chi connectivity index (χ4v) is 4.04. The Morgan fingerprint density at radius 1 is 1.03 bits per heavy atom. The van der Waals surface area contributed by atoms with Crippen molar-refractivity contribution in [3.63, 3.8) is 0 Å². The Hall–Kier alpha value is -3.59. The molecule has 3 aromatic rings. The smallest absolute Gasteiger partial charge is 0.321 e. The lowest BCUT2D eigenvalue weighted by Crippen LogP contribution is -2.38. The topological polar surface area (TPSA) is 72.3 Å². The average Bonchev–Trinajstić information content (AvgIpc) is 3.03. The highest BCUT2D eigenvalue weighted by Crippen LogP contribution is 2.27. The van der Waals surface area contributed by atoms with Gasteiger partial charge in [-0.05, 0) is 56.0 Å². The first-order valence-electron chi connectivity index (χ1n) is 10.7. The minimum atomic E-state index is -0.0883. The molecule has 1 aromatic heterocycles. The van der Waals surface area contributed by atoms with Crippen molar-refractivity contribution in [2.24, 2.45) is 0 Å². The number of aryl methyl sites for hydroxylation is 3. The minimum absolute atomic E-state index is 0.0883. The van der Waals surface area contributed by atoms with Crippen molar-refractivity contribution >= 4 is 28.4 Å². The number of anilines is 2. The van der Waals surface area contributed by atoms with E-state index in [2.05, 4.69) is 36.2 Å². The van der Waals surface area contributed by atoms with E-state index in [1.807, 2.05) is 48.2 Å². The minimum Gasteiger partial charge on any atom is -0.354 e. The summed E-state index contributed by atoms with van der Waals surface area (Å²) in [6.45, 7) is 8.77. The van der Waals surface area contributed by atoms with Crippen molar-refractivity contribution in [2.45, 2.75) is 27.2 Å². The Kier molecular flexibility index (Phi) is 5.77. The van der Waals surface area contributed by atoms with Crippen LogP contribution in [0.3, 0.4) is 0 Å². The zero-order valence-corrected chi connectivity index (χ0v) is 18.3. The molecule has 0 unspecified atom stereocenters. The third kappa shape index (κ3) is 4.17. The van der Waals surface area contributed by atoms with Gasteiger partial charge in [-0.15, -0.1) is 0 Å². The number of carbonyl (C=O) groups excluding carboxylic acids is 1. The molecule has 31 heavy (non-hydrogen) atoms. The van der Waals surface area contributed by atoms with Gasteiger partial charge in [-0.3, -0.25) is 0 Å². The van der Waals surface area contributed by atoms with Crippen molar-refractivity contribution in [3.05, 3.63) is 64.7 Å². The molecule has 2 heterocycles. The SMILES string of the molecule is Cc1ccccc1NC(=O)N1CCCN(c2nc3c(C)c(C)ccc3cc2C#N)CC1. The van der Waals surface area contributed by atoms with Crippen LogP contribution in [0.4, 0.5) is 16.3 Å². The van der Waals surface area contributed by atoms with Crippen LogP contribution in [0.15, 0.2) is 42.5 Å². The van der Waals surface area contributed by atoms with Crippen LogP contribution < -0.4 is 10.2 Å². The van der Waals surface area contributed by atoms with E-state index in [-0.39, 0.29) is 6.03 Å². The van der Waals surface area contributed by atoms with E-state index in [9.17, 15) is 10.1 Å². The van der Waals surface area contributed by atoms with Crippen LogP contribution in [-0.4, -0.2) is 42.1 Å². The molecule has 158 valence electrons. The monoisotopic (exact) mass is 413 g/mol. The van der Waals surface area contributed by atoms with E-state index in [1.54, 1.807) is 0 Å². The van der Waals surface area contributed by atoms with Crippen molar-refractivity contribution in [3.8, 4) is 6.07 Å². The van der Waals surface area contributed by atoms with Gasteiger partial charge >= 0.3 is 6.03 Å². The summed E-state index contributed by atoms with van der Waals surface area (Å²) in [5, 5.41) is 13.7. The van der Waals surface area contributed by atoms with Crippen LogP contribution in [0.1, 0.15) is 28.7 Å². The maximum absolute atomic E-state index is 12.8. The summed E-state index contributed by atoms with van der Waals surface area (Å²) in [6, 6.07) is 16.0. The molecule has 2 aromatic carbocycles. The predicted molar refractivity (Wildman–Crippen MR) is 125 cm³/mol. The molecule has 1 aliphatic rings. The summed E-state index contributed by atoms with van der Waals surface area (Å²) in [4.78, 5) is 21.7. The predicted octanol–water partition coefficient (Wildman–Crippen LogP) is 4.78. The number of benzene rings is 2. The molecule has 0 bridgehead atoms. The van der Waals surface area contributed by atoms with Gasteiger partial charge in [0.25, 0.3) is 0 Å². The molecule has 0 radical (unpaired) electrons. The summed E-state index contributed by atoms with van der Waals surface area (Å²) >= 11 is 0. The number of nitrogens with zero attached hydrogens (tertiary/aromatic N) is 4.